The molecule has 8 nitrogen and oxygen atoms in total. The minimum atomic E-state index is -0.468. The number of carbonyl (C=O) groups excluding carboxylic acids is 2. The van der Waals surface area contributed by atoms with Gasteiger partial charge in [0.05, 0.1) is 18.4 Å². The van der Waals surface area contributed by atoms with Crippen molar-refractivity contribution in [3.63, 3.8) is 0 Å². The number of aryl methyl sites for hydroxylation is 1. The number of amides is 1. The van der Waals surface area contributed by atoms with Crippen molar-refractivity contribution in [1.82, 2.24) is 14.8 Å². The van der Waals surface area contributed by atoms with Crippen LogP contribution in [-0.4, -0.2) is 53.6 Å². The predicted molar refractivity (Wildman–Crippen MR) is 134 cm³/mol. The average Bonchev–Trinajstić information content (AvgIpc) is 3.41. The van der Waals surface area contributed by atoms with Gasteiger partial charge in [0.25, 0.3) is 0 Å². The molecule has 0 spiro atoms. The van der Waals surface area contributed by atoms with Gasteiger partial charge in [0.1, 0.15) is 5.00 Å². The normalized spacial score (nSPS) is 10.7. The monoisotopic (exact) mass is 485 g/mol. The summed E-state index contributed by atoms with van der Waals surface area (Å²) in [5.74, 6) is 0.126. The van der Waals surface area contributed by atoms with Crippen LogP contribution in [0.2, 0.25) is 0 Å². The standard InChI is InChI=1S/C23H27N5O3S2/c1-6-12-28-20(15-8-10-16(11-9-15)27(3)4)25-26-23(28)32-14-19(29)24-21-18(22(30)31-5)13-17(7-2)33-21/h6,8-11,13H,1,7,12,14H2,2-5H3,(H,24,29). The van der Waals surface area contributed by atoms with Gasteiger partial charge in [0.2, 0.25) is 5.91 Å². The van der Waals surface area contributed by atoms with Crippen molar-refractivity contribution in [2.75, 3.05) is 37.2 Å². The molecule has 33 heavy (non-hydrogen) atoms. The van der Waals surface area contributed by atoms with Crippen LogP contribution in [-0.2, 0) is 22.5 Å². The summed E-state index contributed by atoms with van der Waals surface area (Å²) in [5.41, 5.74) is 2.39. The molecule has 0 atom stereocenters. The number of rotatable bonds is 10. The van der Waals surface area contributed by atoms with Gasteiger partial charge in [-0.2, -0.15) is 0 Å². The number of benzene rings is 1. The molecule has 0 saturated carbocycles. The molecular weight excluding hydrogens is 458 g/mol. The molecule has 3 aromatic rings. The number of thiophene rings is 1. The Morgan fingerprint density at radius 1 is 1.27 bits per heavy atom. The lowest BCUT2D eigenvalue weighted by Crippen LogP contribution is -2.16. The van der Waals surface area contributed by atoms with Crippen molar-refractivity contribution in [3.05, 3.63) is 53.4 Å². The second-order valence-corrected chi connectivity index (χ2v) is 9.36. The van der Waals surface area contributed by atoms with E-state index in [-0.39, 0.29) is 11.7 Å². The van der Waals surface area contributed by atoms with Crippen molar-refractivity contribution < 1.29 is 14.3 Å². The minimum Gasteiger partial charge on any atom is -0.465 e. The maximum Gasteiger partial charge on any atom is 0.340 e. The Balaban J connectivity index is 1.74. The third-order valence-electron chi connectivity index (χ3n) is 4.79. The maximum atomic E-state index is 12.6. The lowest BCUT2D eigenvalue weighted by molar-refractivity contribution is -0.113. The van der Waals surface area contributed by atoms with E-state index in [4.69, 9.17) is 4.74 Å². The van der Waals surface area contributed by atoms with Gasteiger partial charge in [-0.3, -0.25) is 9.36 Å². The fraction of sp³-hybridized carbons (Fsp3) is 0.304. The molecule has 3 rings (SSSR count). The van der Waals surface area contributed by atoms with Crippen molar-refractivity contribution in [2.24, 2.45) is 0 Å². The fourth-order valence-electron chi connectivity index (χ4n) is 3.07. The van der Waals surface area contributed by atoms with Crippen LogP contribution in [0.15, 0.2) is 48.1 Å². The highest BCUT2D eigenvalue weighted by atomic mass is 32.2. The molecule has 0 aliphatic heterocycles. The first kappa shape index (κ1) is 24.5. The quantitative estimate of drug-likeness (QED) is 0.260. The number of nitrogens with zero attached hydrogens (tertiary/aromatic N) is 4. The predicted octanol–water partition coefficient (Wildman–Crippen LogP) is 4.34. The molecular formula is C23H27N5O3S2. The van der Waals surface area contributed by atoms with Gasteiger partial charge < -0.3 is 15.0 Å². The number of hydrogen-bond donors (Lipinski definition) is 1. The molecule has 2 aromatic heterocycles. The number of ether oxygens (including phenoxy) is 1. The number of allylic oxidation sites excluding steroid dienone is 1. The van der Waals surface area contributed by atoms with Crippen LogP contribution in [0.4, 0.5) is 10.7 Å². The van der Waals surface area contributed by atoms with Crippen LogP contribution in [0.5, 0.6) is 0 Å². The lowest BCUT2D eigenvalue weighted by Gasteiger charge is -2.13. The highest BCUT2D eigenvalue weighted by Gasteiger charge is 2.19. The lowest BCUT2D eigenvalue weighted by atomic mass is 10.2. The molecule has 0 aliphatic carbocycles. The number of hydrogen-bond acceptors (Lipinski definition) is 8. The van der Waals surface area contributed by atoms with Crippen LogP contribution in [0.3, 0.4) is 0 Å². The van der Waals surface area contributed by atoms with E-state index in [1.807, 2.05) is 54.8 Å². The van der Waals surface area contributed by atoms with Gasteiger partial charge in [-0.15, -0.1) is 28.1 Å². The van der Waals surface area contributed by atoms with Crippen LogP contribution >= 0.6 is 23.1 Å². The van der Waals surface area contributed by atoms with Gasteiger partial charge in [0, 0.05) is 36.8 Å². The highest BCUT2D eigenvalue weighted by molar-refractivity contribution is 7.99. The number of anilines is 2. The Labute approximate surface area is 201 Å². The number of methoxy groups -OCH3 is 1. The second kappa shape index (κ2) is 11.2. The third-order valence-corrected chi connectivity index (χ3v) is 6.95. The SMILES string of the molecule is C=CCn1c(SCC(=O)Nc2sc(CC)cc2C(=O)OC)nnc1-c1ccc(N(C)C)cc1. The Hall–Kier alpha value is -3.11. The van der Waals surface area contributed by atoms with E-state index in [1.165, 1.54) is 30.2 Å². The zero-order valence-corrected chi connectivity index (χ0v) is 20.8. The molecule has 0 unspecified atom stereocenters. The van der Waals surface area contributed by atoms with Gasteiger partial charge in [0.15, 0.2) is 11.0 Å². The Kier molecular flexibility index (Phi) is 8.29. The Bertz CT molecular complexity index is 1140. The summed E-state index contributed by atoms with van der Waals surface area (Å²) in [6, 6.07) is 9.79. The van der Waals surface area contributed by atoms with Crippen molar-refractivity contribution in [2.45, 2.75) is 25.0 Å². The van der Waals surface area contributed by atoms with Crippen LogP contribution < -0.4 is 10.2 Å². The highest BCUT2D eigenvalue weighted by Crippen LogP contribution is 2.30. The molecule has 2 heterocycles. The number of nitrogens with one attached hydrogen (secondary N) is 1. The second-order valence-electron chi connectivity index (χ2n) is 7.28. The molecule has 0 saturated heterocycles. The summed E-state index contributed by atoms with van der Waals surface area (Å²) in [6.07, 6.45) is 2.54. The molecule has 0 bridgehead atoms. The Morgan fingerprint density at radius 2 is 2.00 bits per heavy atom. The van der Waals surface area contributed by atoms with Gasteiger partial charge in [-0.25, -0.2) is 4.79 Å². The summed E-state index contributed by atoms with van der Waals surface area (Å²) >= 11 is 2.66. The zero-order chi connectivity index (χ0) is 24.0. The first-order valence-electron chi connectivity index (χ1n) is 10.3. The molecule has 0 fully saturated rings. The first-order valence-corrected chi connectivity index (χ1v) is 12.1. The van der Waals surface area contributed by atoms with Crippen LogP contribution in [0.25, 0.3) is 11.4 Å². The van der Waals surface area contributed by atoms with Crippen LogP contribution in [0, 0.1) is 0 Å². The number of thioether (sulfide) groups is 1. The van der Waals surface area contributed by atoms with E-state index in [0.717, 1.165) is 22.5 Å². The molecule has 0 aliphatic rings. The number of carbonyl (C=O) groups is 2. The fourth-order valence-corrected chi connectivity index (χ4v) is 4.82. The first-order chi connectivity index (χ1) is 15.9. The van der Waals surface area contributed by atoms with E-state index in [9.17, 15) is 9.59 Å². The Morgan fingerprint density at radius 3 is 2.61 bits per heavy atom. The molecule has 1 amide bonds. The number of aromatic nitrogens is 3. The van der Waals surface area contributed by atoms with Gasteiger partial charge >= 0.3 is 5.97 Å². The zero-order valence-electron chi connectivity index (χ0n) is 19.1. The van der Waals surface area contributed by atoms with Crippen molar-refractivity contribution in [1.29, 1.82) is 0 Å². The van der Waals surface area contributed by atoms with Crippen LogP contribution in [0.1, 0.15) is 22.2 Å². The topological polar surface area (TPSA) is 89.3 Å². The maximum absolute atomic E-state index is 12.6. The number of esters is 1. The van der Waals surface area contributed by atoms with Crippen molar-refractivity contribution >= 4 is 45.7 Å². The molecule has 1 N–H and O–H groups in total. The average molecular weight is 486 g/mol. The van der Waals surface area contributed by atoms with Gasteiger partial charge in [-0.05, 0) is 36.8 Å². The largest absolute Gasteiger partial charge is 0.465 e. The minimum absolute atomic E-state index is 0.120. The van der Waals surface area contributed by atoms with Gasteiger partial charge in [-0.1, -0.05) is 24.8 Å². The molecule has 1 aromatic carbocycles. The summed E-state index contributed by atoms with van der Waals surface area (Å²) in [5, 5.41) is 12.6. The summed E-state index contributed by atoms with van der Waals surface area (Å²) in [7, 11) is 5.30. The van der Waals surface area contributed by atoms with Crippen molar-refractivity contribution in [3.8, 4) is 11.4 Å². The van der Waals surface area contributed by atoms with E-state index in [2.05, 4.69) is 22.1 Å². The molecule has 174 valence electrons. The smallest absolute Gasteiger partial charge is 0.340 e. The third kappa shape index (κ3) is 5.82. The molecule has 10 heteroatoms. The summed E-state index contributed by atoms with van der Waals surface area (Å²) in [4.78, 5) is 27.7. The summed E-state index contributed by atoms with van der Waals surface area (Å²) in [6.45, 7) is 6.34. The van der Waals surface area contributed by atoms with E-state index >= 15 is 0 Å². The van der Waals surface area contributed by atoms with E-state index in [0.29, 0.717) is 28.1 Å². The summed E-state index contributed by atoms with van der Waals surface area (Å²) < 4.78 is 6.76. The van der Waals surface area contributed by atoms with E-state index < -0.39 is 5.97 Å². The van der Waals surface area contributed by atoms with E-state index in [1.54, 1.807) is 12.1 Å². The molecule has 0 radical (unpaired) electrons.